The van der Waals surface area contributed by atoms with E-state index in [1.807, 2.05) is 61.2 Å². The monoisotopic (exact) mass is 545 g/mol. The Kier molecular flexibility index (Phi) is 7.20. The number of imidazole rings is 1. The molecule has 0 spiro atoms. The van der Waals surface area contributed by atoms with Gasteiger partial charge in [-0.25, -0.2) is 15.0 Å². The number of ether oxygens (including phenoxy) is 2. The minimum atomic E-state index is -0.242. The van der Waals surface area contributed by atoms with Gasteiger partial charge in [-0.2, -0.15) is 0 Å². The summed E-state index contributed by atoms with van der Waals surface area (Å²) in [6.07, 6.45) is 8.50. The van der Waals surface area contributed by atoms with E-state index in [0.717, 1.165) is 68.8 Å². The average molecular weight is 546 g/mol. The highest BCUT2D eigenvalue weighted by Crippen LogP contribution is 2.40. The molecule has 0 aliphatic carbocycles. The maximum atomic E-state index is 11.5. The third kappa shape index (κ3) is 5.16. The molecular weight excluding hydrogens is 514 g/mol. The number of methoxy groups -OCH3 is 1. The molecule has 1 aliphatic rings. The van der Waals surface area contributed by atoms with Crippen LogP contribution in [-0.4, -0.2) is 45.7 Å². The fraction of sp³-hybridized carbons (Fsp3) is 0.212. The van der Waals surface area contributed by atoms with Crippen LogP contribution in [0.2, 0.25) is 0 Å². The lowest BCUT2D eigenvalue weighted by Gasteiger charge is -2.22. The van der Waals surface area contributed by atoms with Gasteiger partial charge in [-0.1, -0.05) is 30.3 Å². The Bertz CT molecular complexity index is 1710. The van der Waals surface area contributed by atoms with E-state index in [1.165, 1.54) is 7.11 Å². The summed E-state index contributed by atoms with van der Waals surface area (Å²) >= 11 is 0. The minimum absolute atomic E-state index is 0.242. The Morgan fingerprint density at radius 3 is 2.51 bits per heavy atom. The molecule has 4 heterocycles. The number of carbonyl (C=O) groups is 1. The first-order valence-electron chi connectivity index (χ1n) is 13.7. The Morgan fingerprint density at radius 2 is 1.73 bits per heavy atom. The first-order chi connectivity index (χ1) is 20.1. The number of fused-ring (bicyclic) bond motifs is 5. The standard InChI is InChI=1S/C33H31N5O3/c1-4-37-32-27(31-35-15-16-38(31)28-6-5-14-34-33(28)37)19-24(21-36-32)13-17-41-29-12-11-26(18-22(29)2)25-9-7-23(8-10-25)20-30(39)40-3/h5-12,14-16,18-19,21H,4,13,17,20H2,1-3H3. The van der Waals surface area contributed by atoms with E-state index in [0.29, 0.717) is 13.0 Å². The molecule has 0 saturated carbocycles. The van der Waals surface area contributed by atoms with Gasteiger partial charge in [0.25, 0.3) is 0 Å². The molecule has 0 radical (unpaired) electrons. The summed E-state index contributed by atoms with van der Waals surface area (Å²) in [5.41, 5.74) is 7.21. The molecule has 3 aromatic heterocycles. The summed E-state index contributed by atoms with van der Waals surface area (Å²) in [6.45, 7) is 5.42. The van der Waals surface area contributed by atoms with Gasteiger partial charge < -0.3 is 14.4 Å². The second-order valence-corrected chi connectivity index (χ2v) is 9.95. The lowest BCUT2D eigenvalue weighted by molar-refractivity contribution is -0.139. The van der Waals surface area contributed by atoms with Crippen molar-refractivity contribution in [3.05, 3.63) is 102 Å². The van der Waals surface area contributed by atoms with Gasteiger partial charge in [0.15, 0.2) is 5.82 Å². The van der Waals surface area contributed by atoms with Crippen molar-refractivity contribution in [3.8, 4) is 34.0 Å². The molecule has 0 amide bonds. The van der Waals surface area contributed by atoms with Crippen LogP contribution in [0, 0.1) is 6.92 Å². The lowest BCUT2D eigenvalue weighted by Crippen LogP contribution is -2.19. The van der Waals surface area contributed by atoms with E-state index in [2.05, 4.69) is 57.5 Å². The van der Waals surface area contributed by atoms with Gasteiger partial charge in [-0.3, -0.25) is 9.36 Å². The number of hydrogen-bond acceptors (Lipinski definition) is 7. The van der Waals surface area contributed by atoms with Gasteiger partial charge in [0.2, 0.25) is 0 Å². The molecule has 0 fully saturated rings. The second kappa shape index (κ2) is 11.3. The van der Waals surface area contributed by atoms with E-state index >= 15 is 0 Å². The summed E-state index contributed by atoms with van der Waals surface area (Å²) in [5.74, 6) is 3.19. The molecule has 0 saturated heterocycles. The summed E-state index contributed by atoms with van der Waals surface area (Å²) in [6, 6.07) is 20.3. The number of benzene rings is 2. The first-order valence-corrected chi connectivity index (χ1v) is 13.7. The smallest absolute Gasteiger partial charge is 0.309 e. The number of rotatable bonds is 8. The van der Waals surface area contributed by atoms with Crippen LogP contribution in [0.15, 0.2) is 85.5 Å². The molecule has 6 rings (SSSR count). The van der Waals surface area contributed by atoms with Gasteiger partial charge >= 0.3 is 5.97 Å². The molecule has 0 unspecified atom stereocenters. The predicted molar refractivity (Wildman–Crippen MR) is 159 cm³/mol. The lowest BCUT2D eigenvalue weighted by atomic mass is 10.0. The molecule has 206 valence electrons. The van der Waals surface area contributed by atoms with Crippen molar-refractivity contribution in [1.82, 2.24) is 19.5 Å². The van der Waals surface area contributed by atoms with Crippen LogP contribution in [-0.2, 0) is 22.4 Å². The SMILES string of the molecule is CCN1c2ncc(CCOc3ccc(-c4ccc(CC(=O)OC)cc4)cc3C)cc2-c2nccn2-c2cccnc21. The molecule has 0 bridgehead atoms. The predicted octanol–water partition coefficient (Wildman–Crippen LogP) is 6.11. The number of esters is 1. The van der Waals surface area contributed by atoms with Crippen molar-refractivity contribution in [2.75, 3.05) is 25.2 Å². The van der Waals surface area contributed by atoms with Crippen LogP contribution < -0.4 is 9.64 Å². The van der Waals surface area contributed by atoms with Gasteiger partial charge in [0, 0.05) is 37.8 Å². The van der Waals surface area contributed by atoms with Gasteiger partial charge in [0.1, 0.15) is 17.4 Å². The maximum absolute atomic E-state index is 11.5. The van der Waals surface area contributed by atoms with Crippen LogP contribution in [0.1, 0.15) is 23.6 Å². The second-order valence-electron chi connectivity index (χ2n) is 9.95. The topological polar surface area (TPSA) is 82.4 Å². The van der Waals surface area contributed by atoms with E-state index in [1.54, 1.807) is 0 Å². The number of aromatic nitrogens is 4. The Labute approximate surface area is 239 Å². The summed E-state index contributed by atoms with van der Waals surface area (Å²) in [5, 5.41) is 0. The van der Waals surface area contributed by atoms with Crippen molar-refractivity contribution >= 4 is 17.6 Å². The zero-order chi connectivity index (χ0) is 28.3. The zero-order valence-corrected chi connectivity index (χ0v) is 23.4. The van der Waals surface area contributed by atoms with E-state index in [9.17, 15) is 4.79 Å². The van der Waals surface area contributed by atoms with Crippen molar-refractivity contribution in [1.29, 1.82) is 0 Å². The molecular formula is C33H31N5O3. The molecule has 0 N–H and O–H groups in total. The highest BCUT2D eigenvalue weighted by molar-refractivity contribution is 5.82. The third-order valence-corrected chi connectivity index (χ3v) is 7.34. The molecule has 8 nitrogen and oxygen atoms in total. The van der Waals surface area contributed by atoms with Crippen LogP contribution in [0.5, 0.6) is 5.75 Å². The molecule has 5 aromatic rings. The van der Waals surface area contributed by atoms with E-state index in [-0.39, 0.29) is 12.4 Å². The quantitative estimate of drug-likeness (QED) is 0.218. The maximum Gasteiger partial charge on any atom is 0.309 e. The average Bonchev–Trinajstić information content (AvgIpc) is 3.45. The molecule has 0 atom stereocenters. The number of hydrogen-bond donors (Lipinski definition) is 0. The van der Waals surface area contributed by atoms with Gasteiger partial charge in [0.05, 0.1) is 31.4 Å². The summed E-state index contributed by atoms with van der Waals surface area (Å²) < 4.78 is 13.0. The number of anilines is 2. The molecule has 41 heavy (non-hydrogen) atoms. The van der Waals surface area contributed by atoms with Gasteiger partial charge in [-0.05, 0) is 72.0 Å². The molecule has 1 aliphatic heterocycles. The normalized spacial score (nSPS) is 11.7. The van der Waals surface area contributed by atoms with Gasteiger partial charge in [-0.15, -0.1) is 0 Å². The number of carbonyl (C=O) groups excluding carboxylic acids is 1. The van der Waals surface area contributed by atoms with Crippen LogP contribution in [0.25, 0.3) is 28.2 Å². The van der Waals surface area contributed by atoms with Crippen LogP contribution in [0.4, 0.5) is 11.6 Å². The van der Waals surface area contributed by atoms with Crippen LogP contribution in [0.3, 0.4) is 0 Å². The summed E-state index contributed by atoms with van der Waals surface area (Å²) in [4.78, 5) is 27.9. The van der Waals surface area contributed by atoms with Crippen molar-refractivity contribution in [2.24, 2.45) is 0 Å². The Hall–Kier alpha value is -4.98. The Morgan fingerprint density at radius 1 is 0.902 bits per heavy atom. The fourth-order valence-electron chi connectivity index (χ4n) is 5.22. The number of nitrogens with zero attached hydrogens (tertiary/aromatic N) is 5. The van der Waals surface area contributed by atoms with Crippen molar-refractivity contribution < 1.29 is 14.3 Å². The minimum Gasteiger partial charge on any atom is -0.493 e. The van der Waals surface area contributed by atoms with E-state index in [4.69, 9.17) is 14.5 Å². The highest BCUT2D eigenvalue weighted by atomic mass is 16.5. The Balaban J connectivity index is 1.17. The molecule has 8 heteroatoms. The highest BCUT2D eigenvalue weighted by Gasteiger charge is 2.26. The zero-order valence-electron chi connectivity index (χ0n) is 23.4. The molecule has 2 aromatic carbocycles. The first kappa shape index (κ1) is 26.3. The van der Waals surface area contributed by atoms with Crippen molar-refractivity contribution in [2.45, 2.75) is 26.7 Å². The summed E-state index contributed by atoms with van der Waals surface area (Å²) in [7, 11) is 1.40. The number of pyridine rings is 2. The number of aryl methyl sites for hydroxylation is 1. The fourth-order valence-corrected chi connectivity index (χ4v) is 5.22. The third-order valence-electron chi connectivity index (χ3n) is 7.34. The van der Waals surface area contributed by atoms with Crippen molar-refractivity contribution in [3.63, 3.8) is 0 Å². The van der Waals surface area contributed by atoms with E-state index < -0.39 is 0 Å². The largest absolute Gasteiger partial charge is 0.493 e. The van der Waals surface area contributed by atoms with Crippen LogP contribution >= 0.6 is 0 Å².